The quantitative estimate of drug-likeness (QED) is 0.864. The van der Waals surface area contributed by atoms with Gasteiger partial charge in [0.15, 0.2) is 9.84 Å². The Balaban J connectivity index is 1.92. The van der Waals surface area contributed by atoms with E-state index in [4.69, 9.17) is 11.6 Å². The number of benzene rings is 1. The van der Waals surface area contributed by atoms with Gasteiger partial charge in [0.05, 0.1) is 10.6 Å². The third kappa shape index (κ3) is 3.92. The molecule has 2 rings (SSSR count). The summed E-state index contributed by atoms with van der Waals surface area (Å²) in [5.41, 5.74) is 0.00944. The standard InChI is InChI=1S/C13H19ClN2O2S/c1-13(6-7-15-10-13)16-8-9-19(17,18)12-4-2-11(14)3-5-12/h2-5,15-16H,6-10H2,1H3. The lowest BCUT2D eigenvalue weighted by molar-refractivity contribution is 0.398. The molecule has 106 valence electrons. The molecule has 1 heterocycles. The zero-order chi connectivity index (χ0) is 13.9. The van der Waals surface area contributed by atoms with E-state index >= 15 is 0 Å². The Hall–Kier alpha value is -0.620. The van der Waals surface area contributed by atoms with Crippen molar-refractivity contribution in [3.8, 4) is 0 Å². The van der Waals surface area contributed by atoms with E-state index in [1.807, 2.05) is 0 Å². The summed E-state index contributed by atoms with van der Waals surface area (Å²) in [6.07, 6.45) is 1.02. The molecule has 1 unspecified atom stereocenters. The summed E-state index contributed by atoms with van der Waals surface area (Å²) in [6.45, 7) is 4.44. The first-order valence-electron chi connectivity index (χ1n) is 6.35. The summed E-state index contributed by atoms with van der Waals surface area (Å²) < 4.78 is 24.2. The highest BCUT2D eigenvalue weighted by atomic mass is 35.5. The lowest BCUT2D eigenvalue weighted by Crippen LogP contribution is -2.45. The molecule has 0 aromatic heterocycles. The fourth-order valence-electron chi connectivity index (χ4n) is 2.21. The molecule has 0 radical (unpaired) electrons. The fourth-order valence-corrected chi connectivity index (χ4v) is 3.50. The molecule has 0 amide bonds. The highest BCUT2D eigenvalue weighted by Crippen LogP contribution is 2.16. The Morgan fingerprint density at radius 2 is 2.05 bits per heavy atom. The topological polar surface area (TPSA) is 58.2 Å². The maximum absolute atomic E-state index is 12.1. The van der Waals surface area contributed by atoms with Crippen molar-refractivity contribution in [2.75, 3.05) is 25.4 Å². The van der Waals surface area contributed by atoms with E-state index in [0.29, 0.717) is 16.5 Å². The van der Waals surface area contributed by atoms with Crippen LogP contribution < -0.4 is 10.6 Å². The Kier molecular flexibility index (Phi) is 4.50. The normalized spacial score (nSPS) is 23.7. The van der Waals surface area contributed by atoms with E-state index in [1.54, 1.807) is 24.3 Å². The van der Waals surface area contributed by atoms with Crippen LogP contribution in [0.25, 0.3) is 0 Å². The maximum atomic E-state index is 12.1. The third-order valence-corrected chi connectivity index (χ3v) is 5.45. The summed E-state index contributed by atoms with van der Waals surface area (Å²) >= 11 is 5.76. The summed E-state index contributed by atoms with van der Waals surface area (Å²) in [6, 6.07) is 6.31. The van der Waals surface area contributed by atoms with Gasteiger partial charge in [-0.05, 0) is 44.2 Å². The Bertz CT molecular complexity index is 522. The minimum atomic E-state index is -3.24. The first kappa shape index (κ1) is 14.8. The second kappa shape index (κ2) is 5.79. The van der Waals surface area contributed by atoms with Gasteiger partial charge in [0.2, 0.25) is 0 Å². The van der Waals surface area contributed by atoms with Crippen molar-refractivity contribution < 1.29 is 8.42 Å². The molecule has 1 aromatic carbocycles. The van der Waals surface area contributed by atoms with Crippen molar-refractivity contribution >= 4 is 21.4 Å². The maximum Gasteiger partial charge on any atom is 0.179 e. The van der Waals surface area contributed by atoms with Crippen molar-refractivity contribution in [2.45, 2.75) is 23.8 Å². The largest absolute Gasteiger partial charge is 0.315 e. The predicted molar refractivity (Wildman–Crippen MR) is 77.4 cm³/mol. The molecule has 0 bridgehead atoms. The Labute approximate surface area is 119 Å². The van der Waals surface area contributed by atoms with Crippen LogP contribution in [0, 0.1) is 0 Å². The molecule has 0 saturated carbocycles. The molecule has 1 aliphatic heterocycles. The minimum absolute atomic E-state index is 0.00944. The highest BCUT2D eigenvalue weighted by molar-refractivity contribution is 7.91. The highest BCUT2D eigenvalue weighted by Gasteiger charge is 2.28. The van der Waals surface area contributed by atoms with Crippen LogP contribution in [0.15, 0.2) is 29.2 Å². The molecule has 1 saturated heterocycles. The predicted octanol–water partition coefficient (Wildman–Crippen LogP) is 1.46. The average molecular weight is 303 g/mol. The van der Waals surface area contributed by atoms with Crippen molar-refractivity contribution in [1.29, 1.82) is 0 Å². The average Bonchev–Trinajstić information content (AvgIpc) is 2.76. The molecule has 1 aromatic rings. The monoisotopic (exact) mass is 302 g/mol. The first-order valence-corrected chi connectivity index (χ1v) is 8.38. The molecule has 0 spiro atoms. The first-order chi connectivity index (χ1) is 8.91. The molecule has 1 fully saturated rings. The van der Waals surface area contributed by atoms with E-state index in [2.05, 4.69) is 17.6 Å². The molecule has 0 aliphatic carbocycles. The van der Waals surface area contributed by atoms with Crippen LogP contribution in [0.2, 0.25) is 5.02 Å². The van der Waals surface area contributed by atoms with Gasteiger partial charge in [-0.25, -0.2) is 8.42 Å². The summed E-state index contributed by atoms with van der Waals surface area (Å²) in [5, 5.41) is 7.14. The van der Waals surface area contributed by atoms with Crippen molar-refractivity contribution in [2.24, 2.45) is 0 Å². The summed E-state index contributed by atoms with van der Waals surface area (Å²) in [4.78, 5) is 0.327. The number of hydrogen-bond donors (Lipinski definition) is 2. The fraction of sp³-hybridized carbons (Fsp3) is 0.538. The van der Waals surface area contributed by atoms with Gasteiger partial charge in [0, 0.05) is 23.7 Å². The number of halogens is 1. The Morgan fingerprint density at radius 3 is 2.63 bits per heavy atom. The summed E-state index contributed by atoms with van der Waals surface area (Å²) in [5.74, 6) is 0.101. The number of hydrogen-bond acceptors (Lipinski definition) is 4. The van der Waals surface area contributed by atoms with Crippen LogP contribution in [0.4, 0.5) is 0 Å². The lowest BCUT2D eigenvalue weighted by Gasteiger charge is -2.24. The van der Waals surface area contributed by atoms with E-state index in [-0.39, 0.29) is 11.3 Å². The van der Waals surface area contributed by atoms with E-state index in [1.165, 1.54) is 0 Å². The third-order valence-electron chi connectivity index (χ3n) is 3.46. The number of sulfone groups is 1. The number of rotatable bonds is 5. The Morgan fingerprint density at radius 1 is 1.37 bits per heavy atom. The molecule has 19 heavy (non-hydrogen) atoms. The minimum Gasteiger partial charge on any atom is -0.315 e. The van der Waals surface area contributed by atoms with Gasteiger partial charge in [-0.2, -0.15) is 0 Å². The molecule has 6 heteroatoms. The molecule has 4 nitrogen and oxygen atoms in total. The van der Waals surface area contributed by atoms with Crippen molar-refractivity contribution in [3.63, 3.8) is 0 Å². The second-order valence-electron chi connectivity index (χ2n) is 5.19. The van der Waals surface area contributed by atoms with Crippen molar-refractivity contribution in [1.82, 2.24) is 10.6 Å². The van der Waals surface area contributed by atoms with Gasteiger partial charge in [0.25, 0.3) is 0 Å². The van der Waals surface area contributed by atoms with Gasteiger partial charge >= 0.3 is 0 Å². The van der Waals surface area contributed by atoms with Crippen LogP contribution in [-0.4, -0.2) is 39.3 Å². The zero-order valence-electron chi connectivity index (χ0n) is 10.9. The van der Waals surface area contributed by atoms with Crippen molar-refractivity contribution in [3.05, 3.63) is 29.3 Å². The lowest BCUT2D eigenvalue weighted by atomic mass is 10.0. The molecule has 1 aliphatic rings. The van der Waals surface area contributed by atoms with Gasteiger partial charge in [-0.1, -0.05) is 11.6 Å². The van der Waals surface area contributed by atoms with Crippen LogP contribution in [0.5, 0.6) is 0 Å². The second-order valence-corrected chi connectivity index (χ2v) is 7.73. The molecule has 1 atom stereocenters. The number of nitrogens with one attached hydrogen (secondary N) is 2. The van der Waals surface area contributed by atoms with E-state index < -0.39 is 9.84 Å². The molecule has 2 N–H and O–H groups in total. The summed E-state index contributed by atoms with van der Waals surface area (Å²) in [7, 11) is -3.24. The van der Waals surface area contributed by atoms with Gasteiger partial charge in [-0.3, -0.25) is 0 Å². The van der Waals surface area contributed by atoms with Crippen LogP contribution in [0.1, 0.15) is 13.3 Å². The van der Waals surface area contributed by atoms with Crippen LogP contribution in [0.3, 0.4) is 0 Å². The van der Waals surface area contributed by atoms with Gasteiger partial charge in [0.1, 0.15) is 0 Å². The molecular formula is C13H19ClN2O2S. The molecular weight excluding hydrogens is 284 g/mol. The smallest absolute Gasteiger partial charge is 0.179 e. The van der Waals surface area contributed by atoms with Crippen LogP contribution in [-0.2, 0) is 9.84 Å². The van der Waals surface area contributed by atoms with E-state index in [0.717, 1.165) is 19.5 Å². The van der Waals surface area contributed by atoms with Gasteiger partial charge in [-0.15, -0.1) is 0 Å². The van der Waals surface area contributed by atoms with Gasteiger partial charge < -0.3 is 10.6 Å². The van der Waals surface area contributed by atoms with Crippen LogP contribution >= 0.6 is 11.6 Å². The zero-order valence-corrected chi connectivity index (χ0v) is 12.5. The SMILES string of the molecule is CC1(NCCS(=O)(=O)c2ccc(Cl)cc2)CCNC1. The van der Waals surface area contributed by atoms with E-state index in [9.17, 15) is 8.42 Å².